The molecule has 1 rings (SSSR count). The third-order valence-electron chi connectivity index (χ3n) is 9.79. The lowest BCUT2D eigenvalue weighted by Crippen LogP contribution is -2.62. The topological polar surface area (TPSA) is 369 Å². The fourth-order valence-electron chi connectivity index (χ4n) is 6.07. The van der Waals surface area contributed by atoms with E-state index in [1.54, 1.807) is 52.0 Å². The molecule has 9 unspecified atom stereocenters. The summed E-state index contributed by atoms with van der Waals surface area (Å²) in [7, 11) is 0. The average molecular weight is 864 g/mol. The third-order valence-corrected chi connectivity index (χ3v) is 9.79. The first-order valence-electron chi connectivity index (χ1n) is 20.6. The summed E-state index contributed by atoms with van der Waals surface area (Å²) < 4.78 is 0. The van der Waals surface area contributed by atoms with E-state index in [9.17, 15) is 48.9 Å². The molecule has 0 heterocycles. The third kappa shape index (κ3) is 20.2. The Morgan fingerprint density at radius 1 is 0.689 bits per heavy atom. The van der Waals surface area contributed by atoms with E-state index in [0.29, 0.717) is 19.3 Å². The number of nitrogens with zero attached hydrogens (tertiary/aromatic N) is 1. The maximum atomic E-state index is 13.9. The molecule has 0 saturated carbocycles. The Hall–Kier alpha value is -5.38. The summed E-state index contributed by atoms with van der Waals surface area (Å²) in [5.74, 6) is -7.15. The van der Waals surface area contributed by atoms with Gasteiger partial charge in [-0.2, -0.15) is 0 Å². The molecule has 0 spiro atoms. The van der Waals surface area contributed by atoms with Crippen molar-refractivity contribution >= 4 is 47.4 Å². The van der Waals surface area contributed by atoms with E-state index in [1.165, 1.54) is 6.92 Å². The van der Waals surface area contributed by atoms with E-state index in [2.05, 4.69) is 36.9 Å². The molecule has 0 fully saturated rings. The van der Waals surface area contributed by atoms with Gasteiger partial charge in [0.25, 0.3) is 0 Å². The predicted molar refractivity (Wildman–Crippen MR) is 228 cm³/mol. The van der Waals surface area contributed by atoms with E-state index in [4.69, 9.17) is 22.9 Å². The molecule has 17 N–H and O–H groups in total. The Labute approximate surface area is 357 Å². The Morgan fingerprint density at radius 2 is 1.21 bits per heavy atom. The summed E-state index contributed by atoms with van der Waals surface area (Å²) in [4.78, 5) is 96.7. The number of carbonyl (C=O) groups excluding carboxylic acids is 6. The monoisotopic (exact) mass is 864 g/mol. The van der Waals surface area contributed by atoms with Crippen molar-refractivity contribution in [2.45, 2.75) is 134 Å². The number of hydrogen-bond donors (Lipinski definition) is 13. The van der Waals surface area contributed by atoms with Crippen LogP contribution in [-0.4, -0.2) is 131 Å². The summed E-state index contributed by atoms with van der Waals surface area (Å²) in [6, 6.07) is -0.271. The lowest BCUT2D eigenvalue weighted by atomic mass is 9.96. The Bertz CT molecular complexity index is 1590. The number of carboxylic acid groups (broad SMARTS) is 1. The predicted octanol–water partition coefficient (Wildman–Crippen LogP) is -2.80. The van der Waals surface area contributed by atoms with E-state index in [1.807, 2.05) is 6.07 Å². The molecule has 0 saturated heterocycles. The van der Waals surface area contributed by atoms with Gasteiger partial charge in [0.05, 0.1) is 18.8 Å². The van der Waals surface area contributed by atoms with Crippen LogP contribution < -0.4 is 54.8 Å². The molecule has 6 amide bonds. The molecule has 0 bridgehead atoms. The van der Waals surface area contributed by atoms with Crippen molar-refractivity contribution in [2.75, 3.05) is 19.7 Å². The molecule has 0 radical (unpaired) electrons. The maximum Gasteiger partial charge on any atom is 0.326 e. The Balaban J connectivity index is 3.22. The number of unbranched alkanes of at least 4 members (excludes halogenated alkanes) is 1. The minimum absolute atomic E-state index is 0.0595. The van der Waals surface area contributed by atoms with Crippen LogP contribution >= 0.6 is 0 Å². The molecular weight excluding hydrogens is 795 g/mol. The first kappa shape index (κ1) is 53.6. The fraction of sp³-hybridized carbons (Fsp3) is 0.650. The Morgan fingerprint density at radius 3 is 1.75 bits per heavy atom. The molecule has 21 heteroatoms. The van der Waals surface area contributed by atoms with Crippen molar-refractivity contribution < 1.29 is 48.9 Å². The molecule has 21 nitrogen and oxygen atoms in total. The van der Waals surface area contributed by atoms with Crippen LogP contribution in [0, 0.1) is 11.8 Å². The average Bonchev–Trinajstić information content (AvgIpc) is 3.20. The lowest BCUT2D eigenvalue weighted by molar-refractivity contribution is -0.143. The van der Waals surface area contributed by atoms with Gasteiger partial charge < -0.3 is 70.2 Å². The van der Waals surface area contributed by atoms with Gasteiger partial charge in [-0.1, -0.05) is 64.4 Å². The summed E-state index contributed by atoms with van der Waals surface area (Å²) in [6.07, 6.45) is 0.356. The highest BCUT2D eigenvalue weighted by atomic mass is 16.4. The smallest absolute Gasteiger partial charge is 0.326 e. The number of nitrogens with two attached hydrogens (primary N) is 4. The fourth-order valence-corrected chi connectivity index (χ4v) is 6.07. The van der Waals surface area contributed by atoms with Gasteiger partial charge in [-0.3, -0.25) is 33.8 Å². The Kier molecular flexibility index (Phi) is 24.8. The molecule has 9 atom stereocenters. The zero-order valence-electron chi connectivity index (χ0n) is 35.9. The lowest BCUT2D eigenvalue weighted by Gasteiger charge is -2.30. The van der Waals surface area contributed by atoms with Gasteiger partial charge in [0.1, 0.15) is 36.3 Å². The second-order valence-corrected chi connectivity index (χ2v) is 15.5. The standard InChI is InChI=1S/C40H69N11O10/c1-6-23(4)31(37(58)49-30(21-52)36(57)47-28(39(60)61)16-12-18-45-40(43)44)50-34(55)27(15-10-11-17-41)46-35(56)29(19-22(2)3)48-38(59)32(24(5)53)51-33(54)26(42)20-25-13-8-7-9-14-25/h7-9,13-14,22-24,26-32,52-53H,6,10-12,15-21,41-42H2,1-5H3,(H,46,56)(H,47,57)(H,48,59)(H,49,58)(H,50,55)(H,51,54)(H,60,61)(H4,43,44,45). The van der Waals surface area contributed by atoms with Gasteiger partial charge >= 0.3 is 5.97 Å². The van der Waals surface area contributed by atoms with Crippen LogP contribution in [0.2, 0.25) is 0 Å². The maximum absolute atomic E-state index is 13.9. The number of aliphatic hydroxyl groups is 2. The summed E-state index contributed by atoms with van der Waals surface area (Å²) in [5.41, 5.74) is 23.2. The first-order chi connectivity index (χ1) is 28.7. The van der Waals surface area contributed by atoms with Gasteiger partial charge in [0.15, 0.2) is 5.96 Å². The van der Waals surface area contributed by atoms with E-state index in [-0.39, 0.29) is 57.1 Å². The van der Waals surface area contributed by atoms with Crippen LogP contribution in [0.4, 0.5) is 0 Å². The molecule has 1 aromatic rings. The molecule has 0 aliphatic carbocycles. The highest BCUT2D eigenvalue weighted by Crippen LogP contribution is 2.13. The van der Waals surface area contributed by atoms with Crippen LogP contribution in [0.25, 0.3) is 0 Å². The van der Waals surface area contributed by atoms with Gasteiger partial charge in [-0.05, 0) is 75.8 Å². The number of aliphatic imine (C=N–C) groups is 1. The number of benzene rings is 1. The van der Waals surface area contributed by atoms with Crippen molar-refractivity contribution in [1.29, 1.82) is 0 Å². The van der Waals surface area contributed by atoms with Crippen molar-refractivity contribution in [3.63, 3.8) is 0 Å². The van der Waals surface area contributed by atoms with Gasteiger partial charge in [0.2, 0.25) is 35.4 Å². The highest BCUT2D eigenvalue weighted by Gasteiger charge is 2.36. The van der Waals surface area contributed by atoms with Gasteiger partial charge in [-0.15, -0.1) is 0 Å². The minimum Gasteiger partial charge on any atom is -0.480 e. The number of hydrogen-bond acceptors (Lipinski definition) is 12. The van der Waals surface area contributed by atoms with Crippen LogP contribution in [0.1, 0.15) is 85.1 Å². The SMILES string of the molecule is CCC(C)C(NC(=O)C(CCCCN)NC(=O)C(CC(C)C)NC(=O)C(NC(=O)C(N)Cc1ccccc1)C(C)O)C(=O)NC(CO)C(=O)NC(CCCN=C(N)N)C(=O)O. The van der Waals surface area contributed by atoms with Crippen LogP contribution in [0.15, 0.2) is 35.3 Å². The number of carbonyl (C=O) groups is 7. The van der Waals surface area contributed by atoms with Gasteiger partial charge in [-0.25, -0.2) is 4.79 Å². The van der Waals surface area contributed by atoms with E-state index >= 15 is 0 Å². The van der Waals surface area contributed by atoms with Crippen molar-refractivity contribution in [3.8, 4) is 0 Å². The summed E-state index contributed by atoms with van der Waals surface area (Å²) >= 11 is 0. The number of rotatable bonds is 29. The zero-order valence-corrected chi connectivity index (χ0v) is 35.9. The van der Waals surface area contributed by atoms with E-state index < -0.39 is 102 Å². The molecule has 0 aliphatic rings. The number of aliphatic carboxylic acids is 1. The highest BCUT2D eigenvalue weighted by molar-refractivity contribution is 5.97. The largest absolute Gasteiger partial charge is 0.480 e. The molecule has 1 aromatic carbocycles. The number of carboxylic acids is 1. The number of amides is 6. The van der Waals surface area contributed by atoms with Crippen LogP contribution in [0.5, 0.6) is 0 Å². The number of guanidine groups is 1. The second kappa shape index (κ2) is 28.2. The molecule has 344 valence electrons. The first-order valence-corrected chi connectivity index (χ1v) is 20.6. The summed E-state index contributed by atoms with van der Waals surface area (Å²) in [6.45, 7) is 7.82. The quantitative estimate of drug-likeness (QED) is 0.0220. The normalized spacial score (nSPS) is 15.6. The van der Waals surface area contributed by atoms with Crippen molar-refractivity contribution in [3.05, 3.63) is 35.9 Å². The zero-order chi connectivity index (χ0) is 46.2. The second-order valence-electron chi connectivity index (χ2n) is 15.5. The van der Waals surface area contributed by atoms with Crippen LogP contribution in [-0.2, 0) is 40.0 Å². The van der Waals surface area contributed by atoms with Crippen molar-refractivity contribution in [2.24, 2.45) is 39.8 Å². The number of aliphatic hydroxyl groups excluding tert-OH is 2. The van der Waals surface area contributed by atoms with E-state index in [0.717, 1.165) is 5.56 Å². The number of nitrogens with one attached hydrogen (secondary N) is 6. The molecule has 0 aromatic heterocycles. The van der Waals surface area contributed by atoms with Crippen LogP contribution in [0.3, 0.4) is 0 Å². The van der Waals surface area contributed by atoms with Crippen molar-refractivity contribution in [1.82, 2.24) is 31.9 Å². The minimum atomic E-state index is -1.59. The summed E-state index contributed by atoms with van der Waals surface area (Å²) in [5, 5.41) is 45.2. The molecule has 61 heavy (non-hydrogen) atoms. The van der Waals surface area contributed by atoms with Gasteiger partial charge in [0, 0.05) is 6.54 Å². The molecular formula is C40H69N11O10. The molecule has 0 aliphatic heterocycles.